The van der Waals surface area contributed by atoms with Crippen LogP contribution in [0.25, 0.3) is 0 Å². The SMILES string of the molecule is NCCCc1cccc(NC(=O)c2ccncc2O)c1. The van der Waals surface area contributed by atoms with E-state index in [1.807, 2.05) is 24.3 Å². The molecule has 0 saturated heterocycles. The Kier molecular flexibility index (Phi) is 4.68. The van der Waals surface area contributed by atoms with Gasteiger partial charge in [-0.1, -0.05) is 12.1 Å². The van der Waals surface area contributed by atoms with Crippen molar-refractivity contribution < 1.29 is 9.90 Å². The summed E-state index contributed by atoms with van der Waals surface area (Å²) < 4.78 is 0. The number of rotatable bonds is 5. The Hall–Kier alpha value is -2.40. The van der Waals surface area contributed by atoms with Gasteiger partial charge in [0.2, 0.25) is 0 Å². The van der Waals surface area contributed by atoms with Crippen LogP contribution >= 0.6 is 0 Å². The topological polar surface area (TPSA) is 88.2 Å². The summed E-state index contributed by atoms with van der Waals surface area (Å²) in [6, 6.07) is 9.07. The molecule has 5 nitrogen and oxygen atoms in total. The molecule has 2 rings (SSSR count). The van der Waals surface area contributed by atoms with Crippen LogP contribution in [0.5, 0.6) is 5.75 Å². The Balaban J connectivity index is 2.10. The molecule has 0 saturated carbocycles. The number of carbonyl (C=O) groups excluding carboxylic acids is 1. The summed E-state index contributed by atoms with van der Waals surface area (Å²) in [5.74, 6) is -0.495. The highest BCUT2D eigenvalue weighted by molar-refractivity contribution is 6.05. The zero-order valence-corrected chi connectivity index (χ0v) is 11.0. The van der Waals surface area contributed by atoms with E-state index in [0.717, 1.165) is 18.4 Å². The van der Waals surface area contributed by atoms with Gasteiger partial charge in [0.15, 0.2) is 0 Å². The molecule has 1 heterocycles. The Labute approximate surface area is 117 Å². The van der Waals surface area contributed by atoms with Crippen molar-refractivity contribution in [3.05, 3.63) is 53.9 Å². The predicted octanol–water partition coefficient (Wildman–Crippen LogP) is 1.93. The first-order chi connectivity index (χ1) is 9.70. The van der Waals surface area contributed by atoms with E-state index in [0.29, 0.717) is 12.2 Å². The first-order valence-corrected chi connectivity index (χ1v) is 6.44. The van der Waals surface area contributed by atoms with Crippen LogP contribution in [0, 0.1) is 0 Å². The maximum absolute atomic E-state index is 12.0. The number of hydrogen-bond donors (Lipinski definition) is 3. The second-order valence-corrected chi connectivity index (χ2v) is 4.44. The second-order valence-electron chi connectivity index (χ2n) is 4.44. The third-order valence-corrected chi connectivity index (χ3v) is 2.90. The number of nitrogens with zero attached hydrogens (tertiary/aromatic N) is 1. The van der Waals surface area contributed by atoms with Gasteiger partial charge in [0.1, 0.15) is 5.75 Å². The minimum Gasteiger partial charge on any atom is -0.505 e. The molecule has 0 radical (unpaired) electrons. The molecule has 0 bridgehead atoms. The number of hydrogen-bond acceptors (Lipinski definition) is 4. The van der Waals surface area contributed by atoms with Gasteiger partial charge < -0.3 is 16.2 Å². The third kappa shape index (κ3) is 3.55. The summed E-state index contributed by atoms with van der Waals surface area (Å²) in [5, 5.41) is 12.4. The van der Waals surface area contributed by atoms with E-state index in [4.69, 9.17) is 5.73 Å². The van der Waals surface area contributed by atoms with E-state index in [1.165, 1.54) is 18.5 Å². The molecular formula is C15H17N3O2. The quantitative estimate of drug-likeness (QED) is 0.775. The fraction of sp³-hybridized carbons (Fsp3) is 0.200. The van der Waals surface area contributed by atoms with E-state index in [2.05, 4.69) is 10.3 Å². The number of aryl methyl sites for hydroxylation is 1. The van der Waals surface area contributed by atoms with Crippen molar-refractivity contribution >= 4 is 11.6 Å². The van der Waals surface area contributed by atoms with Gasteiger partial charge in [0, 0.05) is 11.9 Å². The van der Waals surface area contributed by atoms with E-state index < -0.39 is 0 Å². The number of anilines is 1. The summed E-state index contributed by atoms with van der Waals surface area (Å²) in [5.41, 5.74) is 7.50. The van der Waals surface area contributed by atoms with Gasteiger partial charge in [-0.25, -0.2) is 0 Å². The molecule has 20 heavy (non-hydrogen) atoms. The molecule has 1 amide bonds. The highest BCUT2D eigenvalue weighted by Gasteiger charge is 2.10. The van der Waals surface area contributed by atoms with Crippen LogP contribution < -0.4 is 11.1 Å². The van der Waals surface area contributed by atoms with Gasteiger partial charge >= 0.3 is 0 Å². The molecule has 0 aliphatic carbocycles. The lowest BCUT2D eigenvalue weighted by molar-refractivity contribution is 0.102. The van der Waals surface area contributed by atoms with Crippen molar-refractivity contribution in [1.82, 2.24) is 4.98 Å². The van der Waals surface area contributed by atoms with Crippen LogP contribution in [0.15, 0.2) is 42.7 Å². The lowest BCUT2D eigenvalue weighted by atomic mass is 10.1. The van der Waals surface area contributed by atoms with Gasteiger partial charge in [-0.15, -0.1) is 0 Å². The molecule has 2 aromatic rings. The number of pyridine rings is 1. The van der Waals surface area contributed by atoms with Crippen LogP contribution in [-0.4, -0.2) is 22.5 Å². The minimum atomic E-state index is -0.360. The first kappa shape index (κ1) is 14.0. The molecule has 5 heteroatoms. The number of benzene rings is 1. The second kappa shape index (κ2) is 6.68. The van der Waals surface area contributed by atoms with Crippen molar-refractivity contribution in [2.24, 2.45) is 5.73 Å². The molecule has 0 aliphatic rings. The van der Waals surface area contributed by atoms with E-state index in [9.17, 15) is 9.90 Å². The van der Waals surface area contributed by atoms with Gasteiger partial charge in [-0.3, -0.25) is 9.78 Å². The van der Waals surface area contributed by atoms with Crippen LogP contribution in [-0.2, 0) is 6.42 Å². The highest BCUT2D eigenvalue weighted by Crippen LogP contribution is 2.17. The number of aromatic nitrogens is 1. The summed E-state index contributed by atoms with van der Waals surface area (Å²) >= 11 is 0. The fourth-order valence-corrected chi connectivity index (χ4v) is 1.89. The van der Waals surface area contributed by atoms with Crippen molar-refractivity contribution in [2.45, 2.75) is 12.8 Å². The van der Waals surface area contributed by atoms with Gasteiger partial charge in [-0.2, -0.15) is 0 Å². The van der Waals surface area contributed by atoms with Crippen LogP contribution in [0.4, 0.5) is 5.69 Å². The van der Waals surface area contributed by atoms with Gasteiger partial charge in [0.05, 0.1) is 11.8 Å². The van der Waals surface area contributed by atoms with Crippen molar-refractivity contribution in [2.75, 3.05) is 11.9 Å². The maximum Gasteiger partial charge on any atom is 0.259 e. The summed E-state index contributed by atoms with van der Waals surface area (Å²) in [6.07, 6.45) is 4.49. The Bertz CT molecular complexity index is 599. The van der Waals surface area contributed by atoms with Gasteiger partial charge in [-0.05, 0) is 43.1 Å². The third-order valence-electron chi connectivity index (χ3n) is 2.90. The predicted molar refractivity (Wildman–Crippen MR) is 77.7 cm³/mol. The highest BCUT2D eigenvalue weighted by atomic mass is 16.3. The minimum absolute atomic E-state index is 0.135. The van der Waals surface area contributed by atoms with Crippen LogP contribution in [0.2, 0.25) is 0 Å². The van der Waals surface area contributed by atoms with Crippen molar-refractivity contribution in [1.29, 1.82) is 0 Å². The van der Waals surface area contributed by atoms with Crippen molar-refractivity contribution in [3.63, 3.8) is 0 Å². The molecule has 1 aromatic carbocycles. The lowest BCUT2D eigenvalue weighted by Gasteiger charge is -2.08. The zero-order valence-electron chi connectivity index (χ0n) is 11.0. The summed E-state index contributed by atoms with van der Waals surface area (Å²) in [4.78, 5) is 15.8. The summed E-state index contributed by atoms with van der Waals surface area (Å²) in [6.45, 7) is 0.640. The largest absolute Gasteiger partial charge is 0.505 e. The number of carbonyl (C=O) groups is 1. The Morgan fingerprint density at radius 1 is 1.35 bits per heavy atom. The number of nitrogens with two attached hydrogens (primary N) is 1. The molecule has 0 unspecified atom stereocenters. The van der Waals surface area contributed by atoms with E-state index in [1.54, 1.807) is 0 Å². The molecule has 0 atom stereocenters. The zero-order chi connectivity index (χ0) is 14.4. The van der Waals surface area contributed by atoms with Gasteiger partial charge in [0.25, 0.3) is 5.91 Å². The molecular weight excluding hydrogens is 254 g/mol. The molecule has 0 fully saturated rings. The monoisotopic (exact) mass is 271 g/mol. The van der Waals surface area contributed by atoms with Crippen LogP contribution in [0.3, 0.4) is 0 Å². The van der Waals surface area contributed by atoms with Crippen molar-refractivity contribution in [3.8, 4) is 5.75 Å². The lowest BCUT2D eigenvalue weighted by Crippen LogP contribution is -2.12. The maximum atomic E-state index is 12.0. The van der Waals surface area contributed by atoms with E-state index in [-0.39, 0.29) is 17.2 Å². The standard InChI is InChI=1S/C15H17N3O2/c16-7-2-4-11-3-1-5-12(9-11)18-15(20)13-6-8-17-10-14(13)19/h1,3,5-6,8-10,19H,2,4,7,16H2,(H,18,20). The average Bonchev–Trinajstić information content (AvgIpc) is 2.46. The molecule has 4 N–H and O–H groups in total. The average molecular weight is 271 g/mol. The smallest absolute Gasteiger partial charge is 0.259 e. The Morgan fingerprint density at radius 2 is 2.20 bits per heavy atom. The molecule has 0 aliphatic heterocycles. The number of nitrogens with one attached hydrogen (secondary N) is 1. The fourth-order valence-electron chi connectivity index (χ4n) is 1.89. The number of amides is 1. The summed E-state index contributed by atoms with van der Waals surface area (Å²) in [7, 11) is 0. The normalized spacial score (nSPS) is 10.2. The number of aromatic hydroxyl groups is 1. The molecule has 1 aromatic heterocycles. The Morgan fingerprint density at radius 3 is 2.95 bits per heavy atom. The molecule has 104 valence electrons. The van der Waals surface area contributed by atoms with E-state index >= 15 is 0 Å². The molecule has 0 spiro atoms. The van der Waals surface area contributed by atoms with Crippen LogP contribution in [0.1, 0.15) is 22.3 Å². The first-order valence-electron chi connectivity index (χ1n) is 6.44.